The molecule has 1 aliphatic heterocycles. The molecule has 1 N–H and O–H groups in total. The van der Waals surface area contributed by atoms with Crippen LogP contribution in [0.25, 0.3) is 0 Å². The highest BCUT2D eigenvalue weighted by molar-refractivity contribution is 6.16. The molecule has 108 valence electrons. The topological polar surface area (TPSA) is 61.4 Å². The molecule has 0 radical (unpaired) electrons. The van der Waals surface area contributed by atoms with E-state index in [1.54, 1.807) is 12.4 Å². The Morgan fingerprint density at radius 2 is 2.05 bits per heavy atom. The van der Waals surface area contributed by atoms with E-state index in [0.29, 0.717) is 6.42 Å². The van der Waals surface area contributed by atoms with Crippen molar-refractivity contribution in [2.45, 2.75) is 20.3 Å². The van der Waals surface area contributed by atoms with Gasteiger partial charge in [-0.2, -0.15) is 5.10 Å². The van der Waals surface area contributed by atoms with Gasteiger partial charge in [0.2, 0.25) is 0 Å². The Balaban J connectivity index is 1.93. The molecule has 0 saturated heterocycles. The van der Waals surface area contributed by atoms with E-state index in [1.807, 2.05) is 30.3 Å². The third kappa shape index (κ3) is 2.59. The van der Waals surface area contributed by atoms with E-state index in [1.165, 1.54) is 5.01 Å². The van der Waals surface area contributed by atoms with Crippen molar-refractivity contribution in [1.82, 2.24) is 9.97 Å². The van der Waals surface area contributed by atoms with Crippen LogP contribution in [0.5, 0.6) is 0 Å². The lowest BCUT2D eigenvalue weighted by Gasteiger charge is -2.16. The first-order valence-electron chi connectivity index (χ1n) is 7.11. The summed E-state index contributed by atoms with van der Waals surface area (Å²) in [6.45, 7) is 4.10. The first kappa shape index (κ1) is 13.5. The molecule has 5 nitrogen and oxygen atoms in total. The van der Waals surface area contributed by atoms with E-state index in [0.717, 1.165) is 17.2 Å². The third-order valence-electron chi connectivity index (χ3n) is 3.63. The molecular weight excluding hydrogens is 264 g/mol. The Bertz CT molecular complexity index is 646. The zero-order valence-electron chi connectivity index (χ0n) is 12.2. The van der Waals surface area contributed by atoms with E-state index < -0.39 is 0 Å². The van der Waals surface area contributed by atoms with Crippen LogP contribution in [0.15, 0.2) is 47.8 Å². The van der Waals surface area contributed by atoms with E-state index in [-0.39, 0.29) is 17.7 Å². The minimum absolute atomic E-state index is 0.0396. The van der Waals surface area contributed by atoms with Crippen molar-refractivity contribution in [3.05, 3.63) is 48.5 Å². The average Bonchev–Trinajstić information content (AvgIpc) is 3.08. The summed E-state index contributed by atoms with van der Waals surface area (Å²) in [4.78, 5) is 20.0. The summed E-state index contributed by atoms with van der Waals surface area (Å²) in [5.41, 5.74) is 1.68. The highest BCUT2D eigenvalue weighted by Crippen LogP contribution is 2.29. The highest BCUT2D eigenvalue weighted by Gasteiger charge is 2.38. The van der Waals surface area contributed by atoms with Crippen LogP contribution in [0, 0.1) is 11.8 Å². The van der Waals surface area contributed by atoms with Gasteiger partial charge in [-0.05, 0) is 18.1 Å². The molecule has 1 aromatic carbocycles. The Morgan fingerprint density at radius 3 is 2.67 bits per heavy atom. The van der Waals surface area contributed by atoms with E-state index in [2.05, 4.69) is 28.9 Å². The Labute approximate surface area is 123 Å². The van der Waals surface area contributed by atoms with Crippen molar-refractivity contribution in [1.29, 1.82) is 0 Å². The number of carbonyl (C=O) groups is 1. The number of anilines is 1. The number of H-pyrrole nitrogens is 1. The number of aromatic amines is 1. The van der Waals surface area contributed by atoms with Gasteiger partial charge < -0.3 is 4.98 Å². The summed E-state index contributed by atoms with van der Waals surface area (Å²) in [5, 5.41) is 6.07. The van der Waals surface area contributed by atoms with Gasteiger partial charge in [-0.1, -0.05) is 32.0 Å². The number of nitrogens with one attached hydrogen (secondary N) is 1. The van der Waals surface area contributed by atoms with Gasteiger partial charge in [-0.15, -0.1) is 0 Å². The summed E-state index contributed by atoms with van der Waals surface area (Å²) in [6, 6.07) is 9.54. The Hall–Kier alpha value is -2.43. The standard InChI is InChI=1S/C16H18N4O/c1-11(2)15-13(10-14-17-8-9-18-14)19-20(16(15)21)12-6-4-3-5-7-12/h3-9,11,15H,10H2,1-2H3,(H,17,18). The monoisotopic (exact) mass is 282 g/mol. The molecular formula is C16H18N4O. The SMILES string of the molecule is CC(C)C1C(=O)N(c2ccccc2)N=C1Cc1ncc[nH]1. The van der Waals surface area contributed by atoms with Gasteiger partial charge in [0.05, 0.1) is 17.3 Å². The number of rotatable bonds is 4. The highest BCUT2D eigenvalue weighted by atomic mass is 16.2. The van der Waals surface area contributed by atoms with Crippen LogP contribution in [0.1, 0.15) is 19.7 Å². The summed E-state index contributed by atoms with van der Waals surface area (Å²) in [5.74, 6) is 0.898. The summed E-state index contributed by atoms with van der Waals surface area (Å²) < 4.78 is 0. The lowest BCUT2D eigenvalue weighted by atomic mass is 9.89. The van der Waals surface area contributed by atoms with Crippen molar-refractivity contribution >= 4 is 17.3 Å². The van der Waals surface area contributed by atoms with Crippen LogP contribution in [-0.4, -0.2) is 21.6 Å². The molecule has 0 saturated carbocycles. The molecule has 1 aliphatic rings. The van der Waals surface area contributed by atoms with E-state index >= 15 is 0 Å². The maximum Gasteiger partial charge on any atom is 0.256 e. The van der Waals surface area contributed by atoms with Crippen molar-refractivity contribution in [3.63, 3.8) is 0 Å². The summed E-state index contributed by atoms with van der Waals surface area (Å²) in [6.07, 6.45) is 4.07. The molecule has 21 heavy (non-hydrogen) atoms. The third-order valence-corrected chi connectivity index (χ3v) is 3.63. The maximum atomic E-state index is 12.7. The van der Waals surface area contributed by atoms with Gasteiger partial charge >= 0.3 is 0 Å². The number of amides is 1. The van der Waals surface area contributed by atoms with Gasteiger partial charge in [-0.25, -0.2) is 9.99 Å². The second kappa shape index (κ2) is 5.52. The smallest absolute Gasteiger partial charge is 0.256 e. The number of hydrazone groups is 1. The quantitative estimate of drug-likeness (QED) is 0.937. The fraction of sp³-hybridized carbons (Fsp3) is 0.312. The maximum absolute atomic E-state index is 12.7. The van der Waals surface area contributed by atoms with Crippen molar-refractivity contribution in [2.75, 3.05) is 5.01 Å². The first-order valence-corrected chi connectivity index (χ1v) is 7.11. The first-order chi connectivity index (χ1) is 10.2. The van der Waals surface area contributed by atoms with Gasteiger partial charge in [0.1, 0.15) is 5.82 Å². The molecule has 1 amide bonds. The Kier molecular flexibility index (Phi) is 3.56. The summed E-state index contributed by atoms with van der Waals surface area (Å²) in [7, 11) is 0. The van der Waals surface area contributed by atoms with Crippen LogP contribution in [0.3, 0.4) is 0 Å². The molecule has 1 aromatic heterocycles. The van der Waals surface area contributed by atoms with Crippen LogP contribution >= 0.6 is 0 Å². The predicted molar refractivity (Wildman–Crippen MR) is 82.0 cm³/mol. The van der Waals surface area contributed by atoms with Gasteiger partial charge in [0.15, 0.2) is 0 Å². The molecule has 2 aromatic rings. The number of hydrogen-bond donors (Lipinski definition) is 1. The molecule has 0 fully saturated rings. The van der Waals surface area contributed by atoms with Crippen LogP contribution < -0.4 is 5.01 Å². The van der Waals surface area contributed by atoms with Gasteiger partial charge in [0, 0.05) is 18.8 Å². The molecule has 0 aliphatic carbocycles. The molecule has 1 atom stereocenters. The van der Waals surface area contributed by atoms with Crippen LogP contribution in [0.4, 0.5) is 5.69 Å². The van der Waals surface area contributed by atoms with Crippen molar-refractivity contribution in [3.8, 4) is 0 Å². The number of imidazole rings is 1. The lowest BCUT2D eigenvalue weighted by Crippen LogP contribution is -2.31. The minimum atomic E-state index is -0.185. The number of carbonyl (C=O) groups excluding carboxylic acids is 1. The summed E-state index contributed by atoms with van der Waals surface area (Å²) >= 11 is 0. The van der Waals surface area contributed by atoms with E-state index in [4.69, 9.17) is 0 Å². The molecule has 2 heterocycles. The fourth-order valence-corrected chi connectivity index (χ4v) is 2.65. The zero-order chi connectivity index (χ0) is 14.8. The molecule has 0 bridgehead atoms. The number of hydrogen-bond acceptors (Lipinski definition) is 3. The van der Waals surface area contributed by atoms with Crippen LogP contribution in [-0.2, 0) is 11.2 Å². The molecule has 3 rings (SSSR count). The fourth-order valence-electron chi connectivity index (χ4n) is 2.65. The minimum Gasteiger partial charge on any atom is -0.348 e. The number of nitrogens with zero attached hydrogens (tertiary/aromatic N) is 3. The van der Waals surface area contributed by atoms with Crippen LogP contribution in [0.2, 0.25) is 0 Å². The largest absolute Gasteiger partial charge is 0.348 e. The molecule has 0 spiro atoms. The van der Waals surface area contributed by atoms with E-state index in [9.17, 15) is 4.79 Å². The second-order valence-corrected chi connectivity index (χ2v) is 5.51. The van der Waals surface area contributed by atoms with Gasteiger partial charge in [-0.3, -0.25) is 4.79 Å². The lowest BCUT2D eigenvalue weighted by molar-refractivity contribution is -0.120. The second-order valence-electron chi connectivity index (χ2n) is 5.51. The van der Waals surface area contributed by atoms with Gasteiger partial charge in [0.25, 0.3) is 5.91 Å². The molecule has 5 heteroatoms. The molecule has 1 unspecified atom stereocenters. The van der Waals surface area contributed by atoms with Crippen molar-refractivity contribution in [2.24, 2.45) is 16.9 Å². The average molecular weight is 282 g/mol. The predicted octanol–water partition coefficient (Wildman–Crippen LogP) is 2.63. The van der Waals surface area contributed by atoms with Crippen molar-refractivity contribution < 1.29 is 4.79 Å². The number of aromatic nitrogens is 2. The zero-order valence-corrected chi connectivity index (χ0v) is 12.2. The normalized spacial score (nSPS) is 18.4. The number of benzene rings is 1. The number of para-hydroxylation sites is 1. The Morgan fingerprint density at radius 1 is 1.29 bits per heavy atom.